The zero-order valence-corrected chi connectivity index (χ0v) is 11.4. The lowest BCUT2D eigenvalue weighted by Crippen LogP contribution is -2.21. The van der Waals surface area contributed by atoms with Crippen molar-refractivity contribution in [3.05, 3.63) is 27.3 Å². The summed E-state index contributed by atoms with van der Waals surface area (Å²) in [6.07, 6.45) is 0. The molecule has 2 heteroatoms. The van der Waals surface area contributed by atoms with Crippen molar-refractivity contribution in [3.63, 3.8) is 0 Å². The molecule has 1 nitrogen and oxygen atoms in total. The van der Waals surface area contributed by atoms with E-state index in [4.69, 9.17) is 0 Å². The van der Waals surface area contributed by atoms with Gasteiger partial charge in [0, 0.05) is 15.3 Å². The summed E-state index contributed by atoms with van der Waals surface area (Å²) < 4.78 is 1.32. The predicted octanol–water partition coefficient (Wildman–Crippen LogP) is 4.06. The van der Waals surface area contributed by atoms with Gasteiger partial charge in [0.1, 0.15) is 0 Å². The smallest absolute Gasteiger partial charge is 0.0353 e. The number of hydrogen-bond donors (Lipinski definition) is 1. The van der Waals surface area contributed by atoms with Crippen LogP contribution in [-0.4, -0.2) is 6.04 Å². The lowest BCUT2D eigenvalue weighted by molar-refractivity contribution is 0.560. The van der Waals surface area contributed by atoms with E-state index in [0.29, 0.717) is 12.0 Å². The van der Waals surface area contributed by atoms with Gasteiger partial charge >= 0.3 is 0 Å². The molecule has 1 unspecified atom stereocenters. The van der Waals surface area contributed by atoms with Crippen molar-refractivity contribution < 1.29 is 0 Å². The Labute approximate surface area is 100 Å². The third-order valence-corrected chi connectivity index (χ3v) is 3.73. The van der Waals surface area contributed by atoms with Crippen LogP contribution in [0.15, 0.2) is 18.2 Å². The van der Waals surface area contributed by atoms with E-state index in [1.807, 2.05) is 0 Å². The van der Waals surface area contributed by atoms with Crippen LogP contribution in [0.3, 0.4) is 0 Å². The molecule has 1 aromatic carbocycles. The highest BCUT2D eigenvalue weighted by Crippen LogP contribution is 2.18. The topological polar surface area (TPSA) is 12.0 Å². The van der Waals surface area contributed by atoms with Gasteiger partial charge in [-0.25, -0.2) is 0 Å². The number of aryl methyl sites for hydroxylation is 1. The van der Waals surface area contributed by atoms with Gasteiger partial charge in [0.05, 0.1) is 0 Å². The Morgan fingerprint density at radius 1 is 1.21 bits per heavy atom. The van der Waals surface area contributed by atoms with Gasteiger partial charge in [0.25, 0.3) is 0 Å². The van der Waals surface area contributed by atoms with Crippen LogP contribution in [0.4, 0.5) is 5.69 Å². The van der Waals surface area contributed by atoms with E-state index in [1.54, 1.807) is 0 Å². The highest BCUT2D eigenvalue weighted by molar-refractivity contribution is 14.1. The Bertz CT molecular complexity index is 307. The molecule has 0 saturated carbocycles. The number of nitrogens with one attached hydrogen (secondary N) is 1. The molecule has 0 fully saturated rings. The minimum atomic E-state index is 0.522. The van der Waals surface area contributed by atoms with Gasteiger partial charge in [0.15, 0.2) is 0 Å². The van der Waals surface area contributed by atoms with E-state index in [2.05, 4.69) is 73.8 Å². The summed E-state index contributed by atoms with van der Waals surface area (Å²) in [6, 6.07) is 7.04. The van der Waals surface area contributed by atoms with Crippen molar-refractivity contribution in [2.75, 3.05) is 5.32 Å². The number of hydrogen-bond acceptors (Lipinski definition) is 1. The normalized spacial score (nSPS) is 13.0. The molecule has 0 radical (unpaired) electrons. The number of halogens is 1. The molecular weight excluding hydrogens is 285 g/mol. The summed E-state index contributed by atoms with van der Waals surface area (Å²) in [7, 11) is 0. The van der Waals surface area contributed by atoms with Crippen molar-refractivity contribution in [1.82, 2.24) is 0 Å². The number of anilines is 1. The molecule has 0 bridgehead atoms. The zero-order chi connectivity index (χ0) is 10.7. The van der Waals surface area contributed by atoms with Gasteiger partial charge in [-0.1, -0.05) is 19.9 Å². The van der Waals surface area contributed by atoms with E-state index < -0.39 is 0 Å². The maximum Gasteiger partial charge on any atom is 0.0353 e. The molecular formula is C12H18IN. The maximum absolute atomic E-state index is 3.50. The Morgan fingerprint density at radius 2 is 1.86 bits per heavy atom. The van der Waals surface area contributed by atoms with Crippen molar-refractivity contribution in [3.8, 4) is 0 Å². The zero-order valence-electron chi connectivity index (χ0n) is 9.26. The number of benzene rings is 1. The molecule has 1 N–H and O–H groups in total. The third-order valence-electron chi connectivity index (χ3n) is 2.57. The summed E-state index contributed by atoms with van der Waals surface area (Å²) in [4.78, 5) is 0. The van der Waals surface area contributed by atoms with Crippen molar-refractivity contribution in [2.45, 2.75) is 33.7 Å². The van der Waals surface area contributed by atoms with Crippen molar-refractivity contribution in [2.24, 2.45) is 5.92 Å². The SMILES string of the molecule is Cc1ccc(NC(C)C(C)C)cc1I. The largest absolute Gasteiger partial charge is 0.382 e. The van der Waals surface area contributed by atoms with Crippen LogP contribution in [0.2, 0.25) is 0 Å². The van der Waals surface area contributed by atoms with Gasteiger partial charge in [-0.2, -0.15) is 0 Å². The van der Waals surface area contributed by atoms with Crippen LogP contribution in [0.25, 0.3) is 0 Å². The van der Waals surface area contributed by atoms with Gasteiger partial charge in [-0.05, 0) is 60.1 Å². The molecule has 1 aromatic rings. The first kappa shape index (κ1) is 11.8. The van der Waals surface area contributed by atoms with Gasteiger partial charge < -0.3 is 5.32 Å². The van der Waals surface area contributed by atoms with Crippen LogP contribution >= 0.6 is 22.6 Å². The van der Waals surface area contributed by atoms with Gasteiger partial charge in [-0.15, -0.1) is 0 Å². The highest BCUT2D eigenvalue weighted by atomic mass is 127. The Hall–Kier alpha value is -0.250. The lowest BCUT2D eigenvalue weighted by Gasteiger charge is -2.19. The Balaban J connectivity index is 2.73. The van der Waals surface area contributed by atoms with Crippen molar-refractivity contribution >= 4 is 28.3 Å². The van der Waals surface area contributed by atoms with Gasteiger partial charge in [0.2, 0.25) is 0 Å². The molecule has 1 rings (SSSR count). The summed E-state index contributed by atoms with van der Waals surface area (Å²) >= 11 is 2.37. The van der Waals surface area contributed by atoms with E-state index >= 15 is 0 Å². The Kier molecular flexibility index (Phi) is 4.23. The molecule has 78 valence electrons. The summed E-state index contributed by atoms with van der Waals surface area (Å²) in [6.45, 7) is 8.82. The fraction of sp³-hybridized carbons (Fsp3) is 0.500. The van der Waals surface area contributed by atoms with Crippen LogP contribution in [0.5, 0.6) is 0 Å². The highest BCUT2D eigenvalue weighted by Gasteiger charge is 2.06. The summed E-state index contributed by atoms with van der Waals surface area (Å²) in [5, 5.41) is 3.50. The van der Waals surface area contributed by atoms with E-state index in [0.717, 1.165) is 0 Å². The summed E-state index contributed by atoms with van der Waals surface area (Å²) in [5.74, 6) is 0.661. The molecule has 0 heterocycles. The average Bonchev–Trinajstić information content (AvgIpc) is 2.11. The molecule has 0 aliphatic carbocycles. The van der Waals surface area contributed by atoms with Crippen LogP contribution in [0, 0.1) is 16.4 Å². The molecule has 0 aliphatic heterocycles. The maximum atomic E-state index is 3.50. The molecule has 14 heavy (non-hydrogen) atoms. The van der Waals surface area contributed by atoms with E-state index in [1.165, 1.54) is 14.8 Å². The fourth-order valence-electron chi connectivity index (χ4n) is 1.11. The third kappa shape index (κ3) is 3.15. The van der Waals surface area contributed by atoms with E-state index in [-0.39, 0.29) is 0 Å². The van der Waals surface area contributed by atoms with Crippen LogP contribution in [-0.2, 0) is 0 Å². The Morgan fingerprint density at radius 3 is 2.36 bits per heavy atom. The van der Waals surface area contributed by atoms with Crippen LogP contribution < -0.4 is 5.32 Å². The average molecular weight is 303 g/mol. The molecule has 0 amide bonds. The quantitative estimate of drug-likeness (QED) is 0.831. The van der Waals surface area contributed by atoms with Gasteiger partial charge in [-0.3, -0.25) is 0 Å². The number of rotatable bonds is 3. The molecule has 0 spiro atoms. The second-order valence-corrected chi connectivity index (χ2v) is 5.30. The molecule has 0 saturated heterocycles. The molecule has 0 aromatic heterocycles. The monoisotopic (exact) mass is 303 g/mol. The lowest BCUT2D eigenvalue weighted by atomic mass is 10.1. The summed E-state index contributed by atoms with van der Waals surface area (Å²) in [5.41, 5.74) is 2.56. The standard InChI is InChI=1S/C12H18IN/c1-8(2)10(4)14-11-6-5-9(3)12(13)7-11/h5-8,10,14H,1-4H3. The minimum absolute atomic E-state index is 0.522. The molecule has 1 atom stereocenters. The van der Waals surface area contributed by atoms with Crippen molar-refractivity contribution in [1.29, 1.82) is 0 Å². The predicted molar refractivity (Wildman–Crippen MR) is 71.8 cm³/mol. The first-order valence-electron chi connectivity index (χ1n) is 5.03. The fourth-order valence-corrected chi connectivity index (χ4v) is 1.63. The second kappa shape index (κ2) is 5.01. The molecule has 0 aliphatic rings. The van der Waals surface area contributed by atoms with E-state index in [9.17, 15) is 0 Å². The first-order chi connectivity index (χ1) is 6.50. The van der Waals surface area contributed by atoms with Crippen LogP contribution in [0.1, 0.15) is 26.3 Å². The minimum Gasteiger partial charge on any atom is -0.382 e. The first-order valence-corrected chi connectivity index (χ1v) is 6.11. The second-order valence-electron chi connectivity index (χ2n) is 4.14.